The summed E-state index contributed by atoms with van der Waals surface area (Å²) >= 11 is 1.72. The van der Waals surface area contributed by atoms with Gasteiger partial charge in [-0.1, -0.05) is 50.9 Å². The molecule has 0 bridgehead atoms. The molecule has 1 atom stereocenters. The summed E-state index contributed by atoms with van der Waals surface area (Å²) < 4.78 is 0. The lowest BCUT2D eigenvalue weighted by Crippen LogP contribution is -2.31. The maximum atomic E-state index is 10.4. The molecule has 0 amide bonds. The molecule has 2 aliphatic carbocycles. The molecule has 4 heteroatoms. The van der Waals surface area contributed by atoms with E-state index in [1.165, 1.54) is 38.5 Å². The molecule has 1 aromatic rings. The quantitative estimate of drug-likeness (QED) is 0.827. The summed E-state index contributed by atoms with van der Waals surface area (Å²) in [6, 6.07) is 0.630. The van der Waals surface area contributed by atoms with E-state index >= 15 is 0 Å². The van der Waals surface area contributed by atoms with Gasteiger partial charge in [-0.15, -0.1) is 0 Å². The zero-order valence-electron chi connectivity index (χ0n) is 13.6. The number of anilines is 1. The van der Waals surface area contributed by atoms with E-state index in [-0.39, 0.29) is 11.5 Å². The molecule has 1 saturated carbocycles. The molecule has 1 fully saturated rings. The highest BCUT2D eigenvalue weighted by atomic mass is 32.1. The first-order valence-corrected chi connectivity index (χ1v) is 9.18. The lowest BCUT2D eigenvalue weighted by Gasteiger charge is -2.31. The fourth-order valence-corrected chi connectivity index (χ4v) is 4.93. The summed E-state index contributed by atoms with van der Waals surface area (Å²) in [5.41, 5.74) is 1.30. The van der Waals surface area contributed by atoms with Crippen LogP contribution in [0.3, 0.4) is 0 Å². The van der Waals surface area contributed by atoms with Gasteiger partial charge in [-0.2, -0.15) is 0 Å². The average molecular weight is 308 g/mol. The third kappa shape index (κ3) is 3.26. The standard InChI is InChI=1S/C17H28N2OS/c1-17(2)10-13-15(14(20)11-17)21-16(18-13)19(3)12-8-6-4-5-7-9-12/h12,14,20H,4-11H2,1-3H3. The van der Waals surface area contributed by atoms with Gasteiger partial charge in [-0.3, -0.25) is 0 Å². The fourth-order valence-electron chi connectivity index (χ4n) is 3.83. The van der Waals surface area contributed by atoms with Crippen molar-refractivity contribution in [2.24, 2.45) is 5.41 Å². The molecule has 1 heterocycles. The number of aliphatic hydroxyl groups excluding tert-OH is 1. The van der Waals surface area contributed by atoms with Gasteiger partial charge >= 0.3 is 0 Å². The van der Waals surface area contributed by atoms with Crippen molar-refractivity contribution in [3.8, 4) is 0 Å². The van der Waals surface area contributed by atoms with Crippen molar-refractivity contribution in [1.29, 1.82) is 0 Å². The number of hydrogen-bond donors (Lipinski definition) is 1. The van der Waals surface area contributed by atoms with E-state index in [9.17, 15) is 5.11 Å². The van der Waals surface area contributed by atoms with Gasteiger partial charge in [-0.25, -0.2) is 4.98 Å². The second-order valence-corrected chi connectivity index (χ2v) is 8.63. The molecule has 1 unspecified atom stereocenters. The van der Waals surface area contributed by atoms with Crippen LogP contribution in [0.4, 0.5) is 5.13 Å². The minimum Gasteiger partial charge on any atom is -0.387 e. The maximum absolute atomic E-state index is 10.4. The van der Waals surface area contributed by atoms with E-state index in [2.05, 4.69) is 25.8 Å². The first kappa shape index (κ1) is 15.3. The molecule has 118 valence electrons. The highest BCUT2D eigenvalue weighted by molar-refractivity contribution is 7.15. The normalized spacial score (nSPS) is 26.2. The summed E-state index contributed by atoms with van der Waals surface area (Å²) in [5.74, 6) is 0. The monoisotopic (exact) mass is 308 g/mol. The van der Waals surface area contributed by atoms with E-state index in [0.717, 1.165) is 28.5 Å². The van der Waals surface area contributed by atoms with Gasteiger partial charge in [-0.05, 0) is 31.1 Å². The van der Waals surface area contributed by atoms with Crippen LogP contribution in [0, 0.1) is 5.41 Å². The van der Waals surface area contributed by atoms with E-state index in [4.69, 9.17) is 4.98 Å². The molecule has 0 aliphatic heterocycles. The van der Waals surface area contributed by atoms with Crippen molar-refractivity contribution in [1.82, 2.24) is 4.98 Å². The van der Waals surface area contributed by atoms with Gasteiger partial charge in [0.15, 0.2) is 5.13 Å². The molecule has 0 spiro atoms. The minimum absolute atomic E-state index is 0.165. The Bertz CT molecular complexity index is 489. The topological polar surface area (TPSA) is 36.4 Å². The number of rotatable bonds is 2. The molecular formula is C17H28N2OS. The van der Waals surface area contributed by atoms with Crippen molar-refractivity contribution < 1.29 is 5.11 Å². The Hall–Kier alpha value is -0.610. The Morgan fingerprint density at radius 2 is 1.86 bits per heavy atom. The van der Waals surface area contributed by atoms with Gasteiger partial charge in [0, 0.05) is 13.1 Å². The SMILES string of the molecule is CN(c1nc2c(s1)C(O)CC(C)(C)C2)C1CCCCCC1. The molecule has 1 N–H and O–H groups in total. The molecule has 3 rings (SSSR count). The maximum Gasteiger partial charge on any atom is 0.185 e. The van der Waals surface area contributed by atoms with Crippen LogP contribution in [-0.2, 0) is 6.42 Å². The zero-order chi connectivity index (χ0) is 15.0. The third-order valence-corrected chi connectivity index (χ3v) is 6.37. The van der Waals surface area contributed by atoms with Gasteiger partial charge < -0.3 is 10.0 Å². The summed E-state index contributed by atoms with van der Waals surface area (Å²) in [6.45, 7) is 4.46. The lowest BCUT2D eigenvalue weighted by molar-refractivity contribution is 0.102. The predicted octanol–water partition coefficient (Wildman–Crippen LogP) is 4.31. The first-order chi connectivity index (χ1) is 9.96. The molecule has 0 radical (unpaired) electrons. The highest BCUT2D eigenvalue weighted by Gasteiger charge is 2.35. The number of hydrogen-bond acceptors (Lipinski definition) is 4. The Labute approximate surface area is 132 Å². The van der Waals surface area contributed by atoms with E-state index in [1.54, 1.807) is 11.3 Å². The van der Waals surface area contributed by atoms with Crippen LogP contribution < -0.4 is 4.90 Å². The van der Waals surface area contributed by atoms with Crippen LogP contribution in [0.5, 0.6) is 0 Å². The predicted molar refractivity (Wildman–Crippen MR) is 89.1 cm³/mol. The summed E-state index contributed by atoms with van der Waals surface area (Å²) in [5, 5.41) is 11.5. The molecule has 0 saturated heterocycles. The van der Waals surface area contributed by atoms with Gasteiger partial charge in [0.2, 0.25) is 0 Å². The zero-order valence-corrected chi connectivity index (χ0v) is 14.4. The Balaban J connectivity index is 1.80. The van der Waals surface area contributed by atoms with Gasteiger partial charge in [0.25, 0.3) is 0 Å². The first-order valence-electron chi connectivity index (χ1n) is 8.37. The number of nitrogens with zero attached hydrogens (tertiary/aromatic N) is 2. The smallest absolute Gasteiger partial charge is 0.185 e. The molecule has 0 aromatic carbocycles. The van der Waals surface area contributed by atoms with E-state index < -0.39 is 0 Å². The second-order valence-electron chi connectivity index (χ2n) is 7.62. The summed E-state index contributed by atoms with van der Waals surface area (Å²) in [7, 11) is 2.19. The molecule has 2 aliphatic rings. The van der Waals surface area contributed by atoms with Crippen molar-refractivity contribution in [2.45, 2.75) is 77.4 Å². The Kier molecular flexibility index (Phi) is 4.28. The molecule has 3 nitrogen and oxygen atoms in total. The number of aromatic nitrogens is 1. The number of thiazole rings is 1. The largest absolute Gasteiger partial charge is 0.387 e. The molecule has 21 heavy (non-hydrogen) atoms. The molecular weight excluding hydrogens is 280 g/mol. The van der Waals surface area contributed by atoms with Crippen molar-refractivity contribution in [2.75, 3.05) is 11.9 Å². The van der Waals surface area contributed by atoms with Crippen LogP contribution in [0.25, 0.3) is 0 Å². The lowest BCUT2D eigenvalue weighted by atomic mass is 9.77. The highest BCUT2D eigenvalue weighted by Crippen LogP contribution is 2.45. The van der Waals surface area contributed by atoms with Gasteiger partial charge in [0.1, 0.15) is 0 Å². The van der Waals surface area contributed by atoms with Crippen LogP contribution >= 0.6 is 11.3 Å². The summed E-state index contributed by atoms with van der Waals surface area (Å²) in [4.78, 5) is 8.39. The van der Waals surface area contributed by atoms with E-state index in [1.807, 2.05) is 0 Å². The van der Waals surface area contributed by atoms with Crippen LogP contribution in [0.2, 0.25) is 0 Å². The third-order valence-electron chi connectivity index (χ3n) is 5.08. The Morgan fingerprint density at radius 3 is 2.52 bits per heavy atom. The van der Waals surface area contributed by atoms with Crippen LogP contribution in [-0.4, -0.2) is 23.2 Å². The average Bonchev–Trinajstić information content (AvgIpc) is 2.65. The second kappa shape index (κ2) is 5.88. The fraction of sp³-hybridized carbons (Fsp3) is 0.824. The molecule has 1 aromatic heterocycles. The van der Waals surface area contributed by atoms with Crippen LogP contribution in [0.15, 0.2) is 0 Å². The van der Waals surface area contributed by atoms with Crippen LogP contribution in [0.1, 0.15) is 75.5 Å². The van der Waals surface area contributed by atoms with Crippen molar-refractivity contribution >= 4 is 16.5 Å². The minimum atomic E-state index is -0.322. The number of aliphatic hydroxyl groups is 1. The van der Waals surface area contributed by atoms with Crippen molar-refractivity contribution in [3.05, 3.63) is 10.6 Å². The van der Waals surface area contributed by atoms with E-state index in [0.29, 0.717) is 6.04 Å². The summed E-state index contributed by atoms with van der Waals surface area (Å²) in [6.07, 6.45) is 9.55. The Morgan fingerprint density at radius 1 is 1.19 bits per heavy atom. The van der Waals surface area contributed by atoms with Gasteiger partial charge in [0.05, 0.1) is 16.7 Å². The number of fused-ring (bicyclic) bond motifs is 1. The van der Waals surface area contributed by atoms with Crippen molar-refractivity contribution in [3.63, 3.8) is 0 Å².